The van der Waals surface area contributed by atoms with Crippen LogP contribution in [0.25, 0.3) is 10.8 Å². The average Bonchev–Trinajstić information content (AvgIpc) is 3.91. The molecule has 11 heteroatoms. The molecule has 11 atom stereocenters. The van der Waals surface area contributed by atoms with Crippen molar-refractivity contribution in [2.45, 2.75) is 135 Å². The quantitative estimate of drug-likeness (QED) is 0.0795. The van der Waals surface area contributed by atoms with Gasteiger partial charge in [-0.15, -0.1) is 0 Å². The Kier molecular flexibility index (Phi) is 15.8. The number of methoxy groups -OCH3 is 1. The van der Waals surface area contributed by atoms with Crippen LogP contribution < -0.4 is 0 Å². The highest BCUT2D eigenvalue weighted by atomic mass is 16.6. The minimum atomic E-state index is -1.47. The lowest BCUT2D eigenvalue weighted by Gasteiger charge is -2.39. The van der Waals surface area contributed by atoms with E-state index in [4.69, 9.17) is 18.9 Å². The van der Waals surface area contributed by atoms with Crippen molar-refractivity contribution in [3.05, 3.63) is 84.0 Å². The number of rotatable bonds is 15. The molecule has 4 N–H and O–H groups in total. The number of aliphatic hydroxyl groups excluding tert-OH is 2. The van der Waals surface area contributed by atoms with Crippen molar-refractivity contribution in [2.24, 2.45) is 11.8 Å². The van der Waals surface area contributed by atoms with Gasteiger partial charge in [0.05, 0.1) is 43.0 Å². The SMILES string of the molecule is CC[C@H](OC)[C@@H](C)[C@H]1O[C@@H]1C(N(CCO)Cc1ccc2ccccc2c1)C(C)(O)C=CC=C(C)C1OC(=O)C[C@H](O)CC[C@@](C)(O)[C@@H](OC(C)=O)C=C[C@@H]1C. The maximum atomic E-state index is 13.0. The van der Waals surface area contributed by atoms with E-state index in [-0.39, 0.29) is 50.1 Å². The first-order valence-electron chi connectivity index (χ1n) is 19.6. The molecule has 0 bridgehead atoms. The fourth-order valence-electron chi connectivity index (χ4n) is 7.92. The summed E-state index contributed by atoms with van der Waals surface area (Å²) >= 11 is 0. The molecule has 0 saturated carbocycles. The van der Waals surface area contributed by atoms with Crippen molar-refractivity contribution < 1.29 is 49.0 Å². The van der Waals surface area contributed by atoms with Crippen LogP contribution in [0, 0.1) is 11.8 Å². The second-order valence-corrected chi connectivity index (χ2v) is 15.9. The molecule has 1 saturated heterocycles. The van der Waals surface area contributed by atoms with E-state index in [9.17, 15) is 30.0 Å². The minimum Gasteiger partial charge on any atom is -0.457 e. The number of carbonyl (C=O) groups is 2. The first-order chi connectivity index (χ1) is 26.0. The number of carbonyl (C=O) groups excluding carboxylic acids is 2. The van der Waals surface area contributed by atoms with Crippen LogP contribution in [0.5, 0.6) is 0 Å². The average molecular weight is 766 g/mol. The normalized spacial score (nSPS) is 29.5. The maximum absolute atomic E-state index is 13.0. The summed E-state index contributed by atoms with van der Waals surface area (Å²) in [6.45, 7) is 13.0. The van der Waals surface area contributed by atoms with Crippen molar-refractivity contribution in [1.82, 2.24) is 4.90 Å². The molecular weight excluding hydrogens is 702 g/mol. The molecule has 2 aliphatic heterocycles. The zero-order chi connectivity index (χ0) is 40.5. The smallest absolute Gasteiger partial charge is 0.309 e. The number of fused-ring (bicyclic) bond motifs is 1. The molecule has 2 aliphatic rings. The summed E-state index contributed by atoms with van der Waals surface area (Å²) in [6, 6.07) is 13.9. The van der Waals surface area contributed by atoms with Crippen LogP contribution >= 0.6 is 0 Å². The number of nitrogens with zero attached hydrogens (tertiary/aromatic N) is 1. The Morgan fingerprint density at radius 1 is 1.15 bits per heavy atom. The molecule has 0 spiro atoms. The van der Waals surface area contributed by atoms with Gasteiger partial charge in [0.25, 0.3) is 0 Å². The molecule has 55 heavy (non-hydrogen) atoms. The van der Waals surface area contributed by atoms with Crippen LogP contribution in [-0.2, 0) is 35.1 Å². The number of cyclic esters (lactones) is 1. The van der Waals surface area contributed by atoms with E-state index in [1.54, 1.807) is 44.4 Å². The van der Waals surface area contributed by atoms with Gasteiger partial charge in [-0.25, -0.2) is 0 Å². The van der Waals surface area contributed by atoms with Crippen molar-refractivity contribution in [2.75, 3.05) is 20.3 Å². The molecule has 4 rings (SSSR count). The summed E-state index contributed by atoms with van der Waals surface area (Å²) in [5, 5.41) is 46.6. The van der Waals surface area contributed by atoms with Crippen LogP contribution in [-0.4, -0.2) is 111 Å². The van der Waals surface area contributed by atoms with Gasteiger partial charge in [0.2, 0.25) is 0 Å². The topological polar surface area (TPSA) is 159 Å². The number of benzene rings is 2. The van der Waals surface area contributed by atoms with Crippen LogP contribution in [0.1, 0.15) is 79.7 Å². The summed E-state index contributed by atoms with van der Waals surface area (Å²) < 4.78 is 23.5. The van der Waals surface area contributed by atoms with Crippen LogP contribution in [0.3, 0.4) is 0 Å². The molecule has 1 fully saturated rings. The summed E-state index contributed by atoms with van der Waals surface area (Å²) in [5.74, 6) is -1.49. The van der Waals surface area contributed by atoms with Crippen LogP contribution in [0.2, 0.25) is 0 Å². The Labute approximate surface area is 326 Å². The van der Waals surface area contributed by atoms with E-state index in [0.717, 1.165) is 22.8 Å². The Hall–Kier alpha value is -3.42. The van der Waals surface area contributed by atoms with Gasteiger partial charge in [0, 0.05) is 39.0 Å². The van der Waals surface area contributed by atoms with Gasteiger partial charge in [-0.05, 0) is 74.1 Å². The number of epoxide rings is 1. The number of esters is 2. The number of allylic oxidation sites excluding steroid dienone is 2. The largest absolute Gasteiger partial charge is 0.457 e. The third kappa shape index (κ3) is 12.0. The molecule has 2 aromatic carbocycles. The van der Waals surface area contributed by atoms with Gasteiger partial charge in [-0.1, -0.05) is 81.5 Å². The Bertz CT molecular complexity index is 1660. The molecular formula is C44H63NO10. The highest BCUT2D eigenvalue weighted by Gasteiger charge is 2.56. The standard InChI is InChI=1S/C44H63NO10/c1-9-36(52-8)30(4)40-41(55-40)42(45(23-24-46)27-32-17-18-33-14-10-11-15-34(33)25-32)44(7,51)21-12-13-28(2)39-29(3)16-19-37(53-31(5)47)43(6,50)22-20-35(48)26-38(49)54-39/h10-19,21,25,29-30,35-37,39-42,46,48,50-51H,9,20,22-24,26-27H2,1-8H3/t29-,30+,35+,36-,37-,39?,40+,41-,42?,43+,44?/m0/s1. The fraction of sp³-hybridized carbons (Fsp3) is 0.591. The summed E-state index contributed by atoms with van der Waals surface area (Å²) in [7, 11) is 1.70. The number of aliphatic hydroxyl groups is 4. The fourth-order valence-corrected chi connectivity index (χ4v) is 7.92. The third-order valence-corrected chi connectivity index (χ3v) is 11.1. The third-order valence-electron chi connectivity index (χ3n) is 11.1. The minimum absolute atomic E-state index is 0.0188. The number of hydrogen-bond acceptors (Lipinski definition) is 11. The van der Waals surface area contributed by atoms with Gasteiger partial charge in [0.1, 0.15) is 23.9 Å². The van der Waals surface area contributed by atoms with E-state index < -0.39 is 53.4 Å². The molecule has 304 valence electrons. The lowest BCUT2D eigenvalue weighted by atomic mass is 9.85. The zero-order valence-corrected chi connectivity index (χ0v) is 33.8. The zero-order valence-electron chi connectivity index (χ0n) is 33.8. The molecule has 2 aromatic rings. The molecule has 3 unspecified atom stereocenters. The van der Waals surface area contributed by atoms with Crippen molar-refractivity contribution in [3.63, 3.8) is 0 Å². The van der Waals surface area contributed by atoms with Gasteiger partial charge in [0.15, 0.2) is 0 Å². The Balaban J connectivity index is 1.66. The van der Waals surface area contributed by atoms with Gasteiger partial charge in [-0.2, -0.15) is 0 Å². The molecule has 11 nitrogen and oxygen atoms in total. The van der Waals surface area contributed by atoms with E-state index in [1.165, 1.54) is 13.8 Å². The second kappa shape index (κ2) is 19.6. The molecule has 2 heterocycles. The van der Waals surface area contributed by atoms with E-state index in [0.29, 0.717) is 18.7 Å². The lowest BCUT2D eigenvalue weighted by molar-refractivity contribution is -0.157. The monoisotopic (exact) mass is 765 g/mol. The van der Waals surface area contributed by atoms with E-state index in [1.807, 2.05) is 26.0 Å². The van der Waals surface area contributed by atoms with Crippen molar-refractivity contribution in [3.8, 4) is 0 Å². The highest BCUT2D eigenvalue weighted by Crippen LogP contribution is 2.41. The predicted molar refractivity (Wildman–Crippen MR) is 212 cm³/mol. The lowest BCUT2D eigenvalue weighted by Crippen LogP contribution is -2.54. The van der Waals surface area contributed by atoms with Crippen molar-refractivity contribution in [1.29, 1.82) is 0 Å². The summed E-state index contributed by atoms with van der Waals surface area (Å²) in [5.41, 5.74) is -1.22. The highest BCUT2D eigenvalue weighted by molar-refractivity contribution is 5.83. The summed E-state index contributed by atoms with van der Waals surface area (Å²) in [6.07, 6.45) is 6.00. The van der Waals surface area contributed by atoms with Crippen molar-refractivity contribution >= 4 is 22.7 Å². The molecule has 0 aliphatic carbocycles. The Morgan fingerprint density at radius 2 is 1.85 bits per heavy atom. The van der Waals surface area contributed by atoms with Gasteiger partial charge < -0.3 is 39.4 Å². The number of hydrogen-bond donors (Lipinski definition) is 4. The maximum Gasteiger partial charge on any atom is 0.309 e. The van der Waals surface area contributed by atoms with Crippen LogP contribution in [0.15, 0.2) is 78.4 Å². The van der Waals surface area contributed by atoms with Crippen LogP contribution in [0.4, 0.5) is 0 Å². The first kappa shape index (κ1) is 44.3. The van der Waals surface area contributed by atoms with Gasteiger partial charge in [-0.3, -0.25) is 14.5 Å². The van der Waals surface area contributed by atoms with Gasteiger partial charge >= 0.3 is 11.9 Å². The van der Waals surface area contributed by atoms with E-state index >= 15 is 0 Å². The molecule has 0 radical (unpaired) electrons. The first-order valence-corrected chi connectivity index (χ1v) is 19.6. The number of ether oxygens (including phenoxy) is 4. The molecule has 0 aromatic heterocycles. The van der Waals surface area contributed by atoms with E-state index in [2.05, 4.69) is 49.1 Å². The summed E-state index contributed by atoms with van der Waals surface area (Å²) in [4.78, 5) is 27.0. The Morgan fingerprint density at radius 3 is 2.51 bits per heavy atom. The molecule has 0 amide bonds. The predicted octanol–water partition coefficient (Wildman–Crippen LogP) is 5.42. The second-order valence-electron chi connectivity index (χ2n) is 15.9.